The van der Waals surface area contributed by atoms with E-state index < -0.39 is 0 Å². The Bertz CT molecular complexity index is 1140. The van der Waals surface area contributed by atoms with Crippen LogP contribution in [0.2, 0.25) is 0 Å². The first-order chi connectivity index (χ1) is 12.6. The molecule has 0 atom stereocenters. The highest BCUT2D eigenvalue weighted by Gasteiger charge is 2.28. The molecule has 5 rings (SSSR count). The molecule has 2 aliphatic rings. The summed E-state index contributed by atoms with van der Waals surface area (Å²) in [6, 6.07) is 3.73. The molecule has 0 radical (unpaired) electrons. The van der Waals surface area contributed by atoms with Gasteiger partial charge in [0, 0.05) is 11.8 Å². The molecule has 0 amide bonds. The van der Waals surface area contributed by atoms with Crippen LogP contribution < -0.4 is 10.3 Å². The molecule has 2 aliphatic heterocycles. The fraction of sp³-hybridized carbons (Fsp3) is 0.316. The molecule has 7 heteroatoms. The number of H-pyrrole nitrogens is 1. The second kappa shape index (κ2) is 5.45. The van der Waals surface area contributed by atoms with Crippen LogP contribution in [-0.2, 0) is 0 Å². The second-order valence-corrected chi connectivity index (χ2v) is 6.70. The molecule has 0 bridgehead atoms. The quantitative estimate of drug-likeness (QED) is 0.729. The summed E-state index contributed by atoms with van der Waals surface area (Å²) >= 11 is 0. The summed E-state index contributed by atoms with van der Waals surface area (Å²) in [5, 5.41) is 7.61. The predicted molar refractivity (Wildman–Crippen MR) is 98.6 cm³/mol. The Morgan fingerprint density at radius 1 is 1.27 bits per heavy atom. The molecule has 0 saturated heterocycles. The standard InChI is InChI=1S/C19H18N4O3/c1-10-16(11(2)26-22-10)12-6-7-13-17-18(12)25-9-15(23(17)21-19(13)24)14-5-3-4-8-20-14/h6-8H,3-5,9H2,1-2H3,(H,21,24)/b15-14+. The van der Waals surface area contributed by atoms with Crippen molar-refractivity contribution in [1.29, 1.82) is 0 Å². The van der Waals surface area contributed by atoms with Gasteiger partial charge in [-0.1, -0.05) is 5.16 Å². The van der Waals surface area contributed by atoms with Crippen molar-refractivity contribution in [2.24, 2.45) is 4.99 Å². The van der Waals surface area contributed by atoms with Crippen molar-refractivity contribution in [3.05, 3.63) is 39.6 Å². The van der Waals surface area contributed by atoms with Gasteiger partial charge < -0.3 is 9.26 Å². The van der Waals surface area contributed by atoms with E-state index in [9.17, 15) is 4.79 Å². The maximum Gasteiger partial charge on any atom is 0.272 e. The lowest BCUT2D eigenvalue weighted by Gasteiger charge is -2.24. The fourth-order valence-corrected chi connectivity index (χ4v) is 3.84. The number of aromatic amines is 1. The number of aromatic nitrogens is 3. The number of nitrogens with one attached hydrogen (secondary N) is 1. The smallest absolute Gasteiger partial charge is 0.272 e. The number of hydrogen-bond acceptors (Lipinski definition) is 5. The van der Waals surface area contributed by atoms with Crippen molar-refractivity contribution >= 4 is 22.8 Å². The van der Waals surface area contributed by atoms with Crippen LogP contribution >= 0.6 is 0 Å². The van der Waals surface area contributed by atoms with Crippen molar-refractivity contribution < 1.29 is 9.26 Å². The Hall–Kier alpha value is -3.09. The molecule has 4 heterocycles. The van der Waals surface area contributed by atoms with Gasteiger partial charge in [-0.25, -0.2) is 4.68 Å². The molecule has 2 aromatic heterocycles. The Labute approximate surface area is 148 Å². The summed E-state index contributed by atoms with van der Waals surface area (Å²) in [4.78, 5) is 17.0. The minimum absolute atomic E-state index is 0.130. The molecule has 132 valence electrons. The summed E-state index contributed by atoms with van der Waals surface area (Å²) in [5.74, 6) is 1.41. The van der Waals surface area contributed by atoms with Crippen LogP contribution in [0.25, 0.3) is 27.7 Å². The average Bonchev–Trinajstić information content (AvgIpc) is 3.17. The topological polar surface area (TPSA) is 85.4 Å². The molecule has 1 aromatic carbocycles. The monoisotopic (exact) mass is 350 g/mol. The third-order valence-electron chi connectivity index (χ3n) is 5.07. The van der Waals surface area contributed by atoms with Crippen LogP contribution in [0.5, 0.6) is 5.75 Å². The first-order valence-electron chi connectivity index (χ1n) is 8.74. The molecule has 26 heavy (non-hydrogen) atoms. The molecule has 3 aromatic rings. The van der Waals surface area contributed by atoms with Gasteiger partial charge in [-0.2, -0.15) is 0 Å². The Morgan fingerprint density at radius 3 is 2.88 bits per heavy atom. The maximum atomic E-state index is 12.5. The van der Waals surface area contributed by atoms with Gasteiger partial charge in [-0.15, -0.1) is 0 Å². The summed E-state index contributed by atoms with van der Waals surface area (Å²) < 4.78 is 13.3. The van der Waals surface area contributed by atoms with Crippen LogP contribution in [0, 0.1) is 13.8 Å². The largest absolute Gasteiger partial charge is 0.484 e. The fourth-order valence-electron chi connectivity index (χ4n) is 3.84. The molecule has 0 unspecified atom stereocenters. The van der Waals surface area contributed by atoms with Gasteiger partial charge in [0.1, 0.15) is 17.9 Å². The number of hydrogen-bond donors (Lipinski definition) is 1. The van der Waals surface area contributed by atoms with Crippen molar-refractivity contribution in [3.8, 4) is 16.9 Å². The normalized spacial score (nSPS) is 19.2. The summed E-state index contributed by atoms with van der Waals surface area (Å²) in [6.07, 6.45) is 4.86. The molecular formula is C19H18N4O3. The number of aliphatic imine (C=N–C) groups is 1. The van der Waals surface area contributed by atoms with E-state index in [1.807, 2.05) is 36.9 Å². The summed E-state index contributed by atoms with van der Waals surface area (Å²) in [7, 11) is 0. The summed E-state index contributed by atoms with van der Waals surface area (Å²) in [6.45, 7) is 4.14. The van der Waals surface area contributed by atoms with E-state index in [4.69, 9.17) is 9.26 Å². The zero-order valence-corrected chi connectivity index (χ0v) is 14.6. The first kappa shape index (κ1) is 15.2. The van der Waals surface area contributed by atoms with E-state index in [2.05, 4.69) is 15.2 Å². The van der Waals surface area contributed by atoms with Crippen LogP contribution in [0.1, 0.15) is 30.7 Å². The maximum absolute atomic E-state index is 12.5. The van der Waals surface area contributed by atoms with Crippen LogP contribution in [0.4, 0.5) is 0 Å². The first-order valence-corrected chi connectivity index (χ1v) is 8.74. The predicted octanol–water partition coefficient (Wildman–Crippen LogP) is 3.42. The van der Waals surface area contributed by atoms with Gasteiger partial charge in [0.25, 0.3) is 5.56 Å². The minimum Gasteiger partial charge on any atom is -0.484 e. The van der Waals surface area contributed by atoms with Crippen LogP contribution in [0.15, 0.2) is 32.1 Å². The lowest BCUT2D eigenvalue weighted by molar-refractivity contribution is 0.355. The van der Waals surface area contributed by atoms with Crippen molar-refractivity contribution in [1.82, 2.24) is 14.9 Å². The van der Waals surface area contributed by atoms with Gasteiger partial charge in [-0.3, -0.25) is 14.9 Å². The lowest BCUT2D eigenvalue weighted by Crippen LogP contribution is -2.18. The molecule has 7 nitrogen and oxygen atoms in total. The molecule has 1 N–H and O–H groups in total. The number of allylic oxidation sites excluding steroid dienone is 1. The number of benzene rings is 1. The van der Waals surface area contributed by atoms with Gasteiger partial charge in [0.2, 0.25) is 0 Å². The van der Waals surface area contributed by atoms with Crippen molar-refractivity contribution in [3.63, 3.8) is 0 Å². The number of nitrogens with zero attached hydrogens (tertiary/aromatic N) is 3. The molecule has 0 spiro atoms. The Kier molecular flexibility index (Phi) is 3.19. The number of aryl methyl sites for hydroxylation is 2. The molecule has 0 aliphatic carbocycles. The van der Waals surface area contributed by atoms with E-state index in [0.717, 1.165) is 58.8 Å². The average molecular weight is 350 g/mol. The molecular weight excluding hydrogens is 332 g/mol. The molecule has 0 saturated carbocycles. The van der Waals surface area contributed by atoms with Crippen molar-refractivity contribution in [2.45, 2.75) is 33.1 Å². The molecule has 0 fully saturated rings. The van der Waals surface area contributed by atoms with E-state index in [-0.39, 0.29) is 5.56 Å². The number of ether oxygens (including phenoxy) is 1. The van der Waals surface area contributed by atoms with Gasteiger partial charge >= 0.3 is 0 Å². The van der Waals surface area contributed by atoms with E-state index in [1.54, 1.807) is 0 Å². The van der Waals surface area contributed by atoms with Crippen molar-refractivity contribution in [2.75, 3.05) is 6.61 Å². The van der Waals surface area contributed by atoms with E-state index in [0.29, 0.717) is 17.7 Å². The Morgan fingerprint density at radius 2 is 2.15 bits per heavy atom. The third-order valence-corrected chi connectivity index (χ3v) is 5.07. The van der Waals surface area contributed by atoms with Gasteiger partial charge in [-0.05, 0) is 45.2 Å². The lowest BCUT2D eigenvalue weighted by atomic mass is 10.0. The highest BCUT2D eigenvalue weighted by atomic mass is 16.5. The van der Waals surface area contributed by atoms with Crippen LogP contribution in [-0.4, -0.2) is 27.8 Å². The summed E-state index contributed by atoms with van der Waals surface area (Å²) in [5.41, 5.74) is 5.09. The second-order valence-electron chi connectivity index (χ2n) is 6.70. The SMILES string of the molecule is Cc1noc(C)c1-c1ccc2c(=O)[nH]n3c2c1OC/C3=C1/CCCC=N1. The Balaban J connectivity index is 1.83. The van der Waals surface area contributed by atoms with Gasteiger partial charge in [0.15, 0.2) is 5.75 Å². The van der Waals surface area contributed by atoms with E-state index in [1.165, 1.54) is 0 Å². The zero-order valence-electron chi connectivity index (χ0n) is 14.6. The van der Waals surface area contributed by atoms with Gasteiger partial charge in [0.05, 0.1) is 28.0 Å². The zero-order chi connectivity index (χ0) is 17.8. The highest BCUT2D eigenvalue weighted by molar-refractivity contribution is 5.96. The number of rotatable bonds is 1. The van der Waals surface area contributed by atoms with E-state index >= 15 is 0 Å². The van der Waals surface area contributed by atoms with Crippen LogP contribution in [0.3, 0.4) is 0 Å². The highest BCUT2D eigenvalue weighted by Crippen LogP contribution is 2.42. The third kappa shape index (κ3) is 2.03. The minimum atomic E-state index is -0.130.